The van der Waals surface area contributed by atoms with Gasteiger partial charge in [-0.25, -0.2) is 4.98 Å². The summed E-state index contributed by atoms with van der Waals surface area (Å²) in [5.41, 5.74) is 3.27. The van der Waals surface area contributed by atoms with E-state index in [2.05, 4.69) is 18.3 Å². The quantitative estimate of drug-likeness (QED) is 0.473. The van der Waals surface area contributed by atoms with E-state index in [-0.39, 0.29) is 5.91 Å². The number of pyridine rings is 1. The molecule has 1 amide bonds. The lowest BCUT2D eigenvalue weighted by Crippen LogP contribution is -2.23. The van der Waals surface area contributed by atoms with E-state index < -0.39 is 0 Å². The number of nitrogens with zero attached hydrogens (tertiary/aromatic N) is 1. The molecule has 0 radical (unpaired) electrons. The molecule has 0 aliphatic heterocycles. The largest absolute Gasteiger partial charge is 0.348 e. The van der Waals surface area contributed by atoms with Crippen molar-refractivity contribution in [2.24, 2.45) is 0 Å². The first-order chi connectivity index (χ1) is 13.1. The summed E-state index contributed by atoms with van der Waals surface area (Å²) in [6, 6.07) is 21.2. The summed E-state index contributed by atoms with van der Waals surface area (Å²) in [7, 11) is 0. The highest BCUT2D eigenvalue weighted by atomic mass is 35.5. The molecule has 0 atom stereocenters. The topological polar surface area (TPSA) is 42.0 Å². The molecule has 2 heterocycles. The van der Waals surface area contributed by atoms with Crippen LogP contribution in [-0.4, -0.2) is 10.9 Å². The van der Waals surface area contributed by atoms with Crippen LogP contribution in [0.3, 0.4) is 0 Å². The number of nitrogens with one attached hydrogen (secondary N) is 1. The lowest BCUT2D eigenvalue weighted by atomic mass is 10.1. The average molecular weight is 393 g/mol. The number of carbonyl (C=O) groups excluding carboxylic acids is 1. The monoisotopic (exact) mass is 392 g/mol. The minimum absolute atomic E-state index is 0.113. The first-order valence-electron chi connectivity index (χ1n) is 8.59. The minimum atomic E-state index is -0.113. The van der Waals surface area contributed by atoms with E-state index in [0.717, 1.165) is 27.0 Å². The number of carbonyl (C=O) groups is 1. The maximum Gasteiger partial charge on any atom is 0.252 e. The Morgan fingerprint density at radius 1 is 1.07 bits per heavy atom. The van der Waals surface area contributed by atoms with Crippen LogP contribution >= 0.6 is 22.9 Å². The van der Waals surface area contributed by atoms with Crippen molar-refractivity contribution in [1.82, 2.24) is 10.3 Å². The molecule has 0 fully saturated rings. The first-order valence-corrected chi connectivity index (χ1v) is 9.79. The summed E-state index contributed by atoms with van der Waals surface area (Å²) < 4.78 is 0. The van der Waals surface area contributed by atoms with Crippen LogP contribution < -0.4 is 5.32 Å². The van der Waals surface area contributed by atoms with Crippen LogP contribution in [-0.2, 0) is 6.54 Å². The Hall–Kier alpha value is -2.69. The second kappa shape index (κ2) is 7.51. The van der Waals surface area contributed by atoms with Crippen molar-refractivity contribution in [1.29, 1.82) is 0 Å². The van der Waals surface area contributed by atoms with Crippen LogP contribution in [0.4, 0.5) is 0 Å². The average Bonchev–Trinajstić information content (AvgIpc) is 3.13. The predicted molar refractivity (Wildman–Crippen MR) is 112 cm³/mol. The first kappa shape index (κ1) is 17.7. The highest BCUT2D eigenvalue weighted by molar-refractivity contribution is 7.15. The third-order valence-electron chi connectivity index (χ3n) is 4.32. The lowest BCUT2D eigenvalue weighted by Gasteiger charge is -2.10. The van der Waals surface area contributed by atoms with Crippen molar-refractivity contribution in [3.05, 3.63) is 87.8 Å². The fourth-order valence-corrected chi connectivity index (χ4v) is 3.90. The van der Waals surface area contributed by atoms with Crippen LogP contribution in [0.5, 0.6) is 0 Å². The Kier molecular flexibility index (Phi) is 4.92. The van der Waals surface area contributed by atoms with Crippen molar-refractivity contribution < 1.29 is 4.79 Å². The summed E-state index contributed by atoms with van der Waals surface area (Å²) in [6.45, 7) is 2.51. The van der Waals surface area contributed by atoms with Crippen molar-refractivity contribution >= 4 is 39.7 Å². The molecule has 5 heteroatoms. The van der Waals surface area contributed by atoms with E-state index in [1.807, 2.05) is 60.7 Å². The summed E-state index contributed by atoms with van der Waals surface area (Å²) >= 11 is 7.59. The number of rotatable bonds is 4. The number of halogens is 1. The van der Waals surface area contributed by atoms with Crippen molar-refractivity contribution in [3.63, 3.8) is 0 Å². The minimum Gasteiger partial charge on any atom is -0.348 e. The maximum absolute atomic E-state index is 12.9. The van der Waals surface area contributed by atoms with Gasteiger partial charge < -0.3 is 5.32 Å². The Bertz CT molecular complexity index is 1120. The number of fused-ring (bicyclic) bond motifs is 1. The molecular formula is C22H17ClN2OS. The van der Waals surface area contributed by atoms with E-state index in [0.29, 0.717) is 17.1 Å². The number of thiophene rings is 1. The van der Waals surface area contributed by atoms with Gasteiger partial charge in [-0.1, -0.05) is 41.9 Å². The summed E-state index contributed by atoms with van der Waals surface area (Å²) in [5, 5.41) is 4.54. The van der Waals surface area contributed by atoms with Gasteiger partial charge in [0.05, 0.1) is 21.7 Å². The zero-order valence-electron chi connectivity index (χ0n) is 14.7. The highest BCUT2D eigenvalue weighted by Gasteiger charge is 2.14. The number of hydrogen-bond donors (Lipinski definition) is 1. The SMILES string of the molecule is Cc1ccc(-c2cc(C(=O)NCc3ccc(Cl)cc3)c3ccccc3n2)s1. The Labute approximate surface area is 166 Å². The zero-order chi connectivity index (χ0) is 18.8. The molecule has 0 spiro atoms. The van der Waals surface area contributed by atoms with E-state index in [1.54, 1.807) is 11.3 Å². The van der Waals surface area contributed by atoms with Gasteiger partial charge in [0.2, 0.25) is 0 Å². The molecule has 0 aliphatic carbocycles. The van der Waals surface area contributed by atoms with Crippen LogP contribution in [0.25, 0.3) is 21.5 Å². The van der Waals surface area contributed by atoms with Crippen molar-refractivity contribution in [2.75, 3.05) is 0 Å². The third kappa shape index (κ3) is 3.87. The van der Waals surface area contributed by atoms with Gasteiger partial charge in [0.25, 0.3) is 5.91 Å². The van der Waals surface area contributed by atoms with E-state index in [4.69, 9.17) is 16.6 Å². The van der Waals surface area contributed by atoms with Crippen LogP contribution in [0.2, 0.25) is 5.02 Å². The second-order valence-corrected chi connectivity index (χ2v) is 8.02. The molecule has 4 rings (SSSR count). The molecule has 0 saturated heterocycles. The van der Waals surface area contributed by atoms with Gasteiger partial charge in [-0.2, -0.15) is 0 Å². The van der Waals surface area contributed by atoms with Gasteiger partial charge in [0, 0.05) is 21.8 Å². The third-order valence-corrected chi connectivity index (χ3v) is 5.60. The van der Waals surface area contributed by atoms with Crippen LogP contribution in [0, 0.1) is 6.92 Å². The van der Waals surface area contributed by atoms with Crippen LogP contribution in [0.15, 0.2) is 66.7 Å². The van der Waals surface area contributed by atoms with Gasteiger partial charge in [-0.3, -0.25) is 4.79 Å². The number of aromatic nitrogens is 1. The number of benzene rings is 2. The molecule has 4 aromatic rings. The second-order valence-electron chi connectivity index (χ2n) is 6.29. The molecule has 2 aromatic heterocycles. The van der Waals surface area contributed by atoms with E-state index in [1.165, 1.54) is 4.88 Å². The summed E-state index contributed by atoms with van der Waals surface area (Å²) in [5.74, 6) is -0.113. The number of hydrogen-bond acceptors (Lipinski definition) is 3. The maximum atomic E-state index is 12.9. The molecule has 1 N–H and O–H groups in total. The van der Waals surface area contributed by atoms with Gasteiger partial charge in [0.1, 0.15) is 0 Å². The molecule has 27 heavy (non-hydrogen) atoms. The molecule has 0 aliphatic rings. The van der Waals surface area contributed by atoms with Gasteiger partial charge >= 0.3 is 0 Å². The number of aryl methyl sites for hydroxylation is 1. The van der Waals surface area contributed by atoms with Crippen molar-refractivity contribution in [3.8, 4) is 10.6 Å². The molecule has 2 aromatic carbocycles. The fourth-order valence-electron chi connectivity index (χ4n) is 2.94. The normalized spacial score (nSPS) is 10.9. The van der Waals surface area contributed by atoms with Gasteiger partial charge in [-0.15, -0.1) is 11.3 Å². The lowest BCUT2D eigenvalue weighted by molar-refractivity contribution is 0.0952. The molecule has 0 unspecified atom stereocenters. The zero-order valence-corrected chi connectivity index (χ0v) is 16.3. The fraction of sp³-hybridized carbons (Fsp3) is 0.0909. The van der Waals surface area contributed by atoms with E-state index >= 15 is 0 Å². The predicted octanol–water partition coefficient (Wildman–Crippen LogP) is 5.86. The van der Waals surface area contributed by atoms with E-state index in [9.17, 15) is 4.79 Å². The summed E-state index contributed by atoms with van der Waals surface area (Å²) in [6.07, 6.45) is 0. The molecule has 0 saturated carbocycles. The summed E-state index contributed by atoms with van der Waals surface area (Å²) in [4.78, 5) is 19.9. The molecule has 134 valence electrons. The molecule has 3 nitrogen and oxygen atoms in total. The van der Waals surface area contributed by atoms with Gasteiger partial charge in [-0.05, 0) is 48.9 Å². The number of para-hydroxylation sites is 1. The van der Waals surface area contributed by atoms with Crippen LogP contribution in [0.1, 0.15) is 20.8 Å². The Balaban J connectivity index is 1.68. The van der Waals surface area contributed by atoms with Crippen molar-refractivity contribution in [2.45, 2.75) is 13.5 Å². The smallest absolute Gasteiger partial charge is 0.252 e. The van der Waals surface area contributed by atoms with Gasteiger partial charge in [0.15, 0.2) is 0 Å². The Morgan fingerprint density at radius 3 is 2.59 bits per heavy atom. The number of amides is 1. The highest BCUT2D eigenvalue weighted by Crippen LogP contribution is 2.29. The Morgan fingerprint density at radius 2 is 1.85 bits per heavy atom. The standard InChI is InChI=1S/C22H17ClN2OS/c1-14-6-11-21(27-14)20-12-18(17-4-2-3-5-19(17)25-20)22(26)24-13-15-7-9-16(23)10-8-15/h2-12H,13H2,1H3,(H,24,26). The molecule has 0 bridgehead atoms. The molecular weight excluding hydrogens is 376 g/mol.